The van der Waals surface area contributed by atoms with Crippen LogP contribution in [0.5, 0.6) is 5.75 Å². The quantitative estimate of drug-likeness (QED) is 0.556. The maximum absolute atomic E-state index is 11.5. The lowest BCUT2D eigenvalue weighted by Crippen LogP contribution is -2.29. The van der Waals surface area contributed by atoms with Gasteiger partial charge in [-0.3, -0.25) is 4.31 Å². The minimum absolute atomic E-state index is 0.0298. The Morgan fingerprint density at radius 3 is 2.53 bits per heavy atom. The molecule has 0 amide bonds. The summed E-state index contributed by atoms with van der Waals surface area (Å²) >= 11 is 0. The van der Waals surface area contributed by atoms with E-state index >= 15 is 0 Å². The number of nitrogen functional groups attached to an aromatic ring is 1. The zero-order valence-electron chi connectivity index (χ0n) is 8.66. The van der Waals surface area contributed by atoms with Crippen LogP contribution >= 0.6 is 0 Å². The fourth-order valence-electron chi connectivity index (χ4n) is 1.52. The van der Waals surface area contributed by atoms with Crippen LogP contribution < -0.4 is 10.5 Å². The average Bonchev–Trinajstić information content (AvgIpc) is 2.37. The Morgan fingerprint density at radius 1 is 1.29 bits per heavy atom. The zero-order valence-corrected chi connectivity index (χ0v) is 9.48. The van der Waals surface area contributed by atoms with E-state index < -0.39 is 16.1 Å². The highest BCUT2D eigenvalue weighted by Crippen LogP contribution is 2.21. The van der Waals surface area contributed by atoms with Gasteiger partial charge in [0, 0.05) is 11.8 Å². The summed E-state index contributed by atoms with van der Waals surface area (Å²) in [6, 6.07) is 4.29. The number of phenolic OH excluding ortho intramolecular Hbond substituents is 1. The maximum Gasteiger partial charge on any atom is 0.326 e. The van der Waals surface area contributed by atoms with E-state index in [1.807, 2.05) is 4.72 Å². The van der Waals surface area contributed by atoms with E-state index in [4.69, 9.17) is 10.8 Å². The minimum Gasteiger partial charge on any atom is -0.508 e. The molecule has 7 nitrogen and oxygen atoms in total. The number of aliphatic hydroxyl groups is 1. The summed E-state index contributed by atoms with van der Waals surface area (Å²) in [7, 11) is -3.74. The Bertz CT molecular complexity index is 562. The van der Waals surface area contributed by atoms with Crippen molar-refractivity contribution in [1.29, 1.82) is 0 Å². The molecule has 1 aromatic carbocycles. The molecule has 1 aromatic rings. The molecule has 0 aliphatic carbocycles. The number of aromatic hydroxyl groups is 1. The number of hydrogen-bond acceptors (Lipinski definition) is 5. The molecular weight excluding hydrogens is 246 g/mol. The fraction of sp³-hybridized carbons (Fsp3) is 0.111. The first-order valence-electron chi connectivity index (χ1n) is 4.65. The third-order valence-electron chi connectivity index (χ3n) is 2.15. The van der Waals surface area contributed by atoms with Gasteiger partial charge < -0.3 is 15.9 Å². The minimum atomic E-state index is -3.74. The number of nitrogens with one attached hydrogen (secondary N) is 1. The molecule has 0 bridgehead atoms. The van der Waals surface area contributed by atoms with Crippen LogP contribution in [0.1, 0.15) is 5.56 Å². The lowest BCUT2D eigenvalue weighted by Gasteiger charge is -2.14. The molecule has 1 aliphatic heterocycles. The summed E-state index contributed by atoms with van der Waals surface area (Å²) in [4.78, 5) is 0. The molecule has 0 saturated carbocycles. The number of rotatable bonds is 2. The highest BCUT2D eigenvalue weighted by atomic mass is 32.2. The van der Waals surface area contributed by atoms with Crippen molar-refractivity contribution in [2.45, 2.75) is 6.54 Å². The van der Waals surface area contributed by atoms with E-state index in [0.29, 0.717) is 11.3 Å². The summed E-state index contributed by atoms with van der Waals surface area (Å²) in [5, 5.41) is 18.4. The standard InChI is InChI=1S/C9H11N3O4S/c10-7-1-6(2-8(13)3-7)4-12-5-9(14)11-17(12,15)16/h1-3,5,11,13-14H,4,10H2. The van der Waals surface area contributed by atoms with Gasteiger partial charge >= 0.3 is 10.2 Å². The van der Waals surface area contributed by atoms with E-state index in [-0.39, 0.29) is 12.3 Å². The molecule has 0 saturated heterocycles. The van der Waals surface area contributed by atoms with Crippen LogP contribution in [0, 0.1) is 0 Å². The summed E-state index contributed by atoms with van der Waals surface area (Å²) in [5.74, 6) is -0.490. The number of anilines is 1. The second-order valence-electron chi connectivity index (χ2n) is 3.60. The number of nitrogens with zero attached hydrogens (tertiary/aromatic N) is 1. The first kappa shape index (κ1) is 11.4. The Kier molecular flexibility index (Phi) is 2.50. The monoisotopic (exact) mass is 257 g/mol. The molecule has 17 heavy (non-hydrogen) atoms. The molecule has 5 N–H and O–H groups in total. The predicted molar refractivity (Wildman–Crippen MR) is 60.8 cm³/mol. The second kappa shape index (κ2) is 3.74. The van der Waals surface area contributed by atoms with Crippen molar-refractivity contribution in [3.8, 4) is 5.75 Å². The first-order chi connectivity index (χ1) is 7.87. The van der Waals surface area contributed by atoms with Gasteiger partial charge in [-0.2, -0.15) is 8.42 Å². The van der Waals surface area contributed by atoms with E-state index in [9.17, 15) is 13.5 Å². The smallest absolute Gasteiger partial charge is 0.326 e. The molecule has 92 valence electrons. The van der Waals surface area contributed by atoms with Crippen molar-refractivity contribution in [3.63, 3.8) is 0 Å². The summed E-state index contributed by atoms with van der Waals surface area (Å²) in [5.41, 5.74) is 6.36. The van der Waals surface area contributed by atoms with Gasteiger partial charge in [0.1, 0.15) is 5.75 Å². The number of hydrogen-bond donors (Lipinski definition) is 4. The van der Waals surface area contributed by atoms with Crippen LogP contribution in [0.4, 0.5) is 5.69 Å². The first-order valence-corrected chi connectivity index (χ1v) is 6.09. The van der Waals surface area contributed by atoms with E-state index in [1.165, 1.54) is 12.1 Å². The number of aliphatic hydroxyl groups excluding tert-OH is 1. The maximum atomic E-state index is 11.5. The van der Waals surface area contributed by atoms with Crippen molar-refractivity contribution in [2.24, 2.45) is 0 Å². The topological polar surface area (TPSA) is 116 Å². The van der Waals surface area contributed by atoms with Crippen molar-refractivity contribution < 1.29 is 18.6 Å². The number of nitrogens with two attached hydrogens (primary N) is 1. The second-order valence-corrected chi connectivity index (χ2v) is 5.22. The van der Waals surface area contributed by atoms with Crippen LogP contribution in [0.15, 0.2) is 30.3 Å². The summed E-state index contributed by atoms with van der Waals surface area (Å²) in [6.07, 6.45) is 1.05. The zero-order chi connectivity index (χ0) is 12.6. The lowest BCUT2D eigenvalue weighted by molar-refractivity contribution is 0.390. The summed E-state index contributed by atoms with van der Waals surface area (Å²) in [6.45, 7) is -0.0298. The van der Waals surface area contributed by atoms with Crippen LogP contribution in [0.2, 0.25) is 0 Å². The van der Waals surface area contributed by atoms with E-state index in [2.05, 4.69) is 0 Å². The molecule has 0 fully saturated rings. The van der Waals surface area contributed by atoms with E-state index in [1.54, 1.807) is 6.07 Å². The molecule has 0 unspecified atom stereocenters. The van der Waals surface area contributed by atoms with Gasteiger partial charge in [0.05, 0.1) is 12.7 Å². The van der Waals surface area contributed by atoms with Gasteiger partial charge in [0.15, 0.2) is 0 Å². The molecule has 0 atom stereocenters. The van der Waals surface area contributed by atoms with Gasteiger partial charge in [-0.15, -0.1) is 0 Å². The molecule has 0 radical (unpaired) electrons. The van der Waals surface area contributed by atoms with Crippen molar-refractivity contribution in [2.75, 3.05) is 5.73 Å². The largest absolute Gasteiger partial charge is 0.508 e. The molecule has 1 aliphatic rings. The highest BCUT2D eigenvalue weighted by Gasteiger charge is 2.27. The highest BCUT2D eigenvalue weighted by molar-refractivity contribution is 7.87. The molecule has 8 heteroatoms. The third-order valence-corrected chi connectivity index (χ3v) is 3.47. The number of phenols is 1. The van der Waals surface area contributed by atoms with Crippen LogP contribution in [0.3, 0.4) is 0 Å². The SMILES string of the molecule is Nc1cc(O)cc(CN2C=C(O)NS2(=O)=O)c1. The average molecular weight is 257 g/mol. The van der Waals surface area contributed by atoms with Gasteiger partial charge in [-0.05, 0) is 17.7 Å². The van der Waals surface area contributed by atoms with Crippen LogP contribution in [0.25, 0.3) is 0 Å². The van der Waals surface area contributed by atoms with Crippen molar-refractivity contribution in [1.82, 2.24) is 9.03 Å². The van der Waals surface area contributed by atoms with E-state index in [0.717, 1.165) is 10.5 Å². The molecule has 0 aromatic heterocycles. The van der Waals surface area contributed by atoms with Crippen molar-refractivity contribution >= 4 is 15.9 Å². The van der Waals surface area contributed by atoms with Gasteiger partial charge in [-0.1, -0.05) is 0 Å². The molecular formula is C9H11N3O4S. The Balaban J connectivity index is 2.27. The Labute approximate surface area is 98.0 Å². The number of benzene rings is 1. The molecule has 0 spiro atoms. The van der Waals surface area contributed by atoms with Gasteiger partial charge in [0.2, 0.25) is 5.88 Å². The predicted octanol–water partition coefficient (Wildman–Crippen LogP) is -0.0187. The van der Waals surface area contributed by atoms with Crippen molar-refractivity contribution in [3.05, 3.63) is 35.8 Å². The fourth-order valence-corrected chi connectivity index (χ4v) is 2.52. The van der Waals surface area contributed by atoms with Crippen LogP contribution in [-0.2, 0) is 16.8 Å². The Morgan fingerprint density at radius 2 is 2.00 bits per heavy atom. The lowest BCUT2D eigenvalue weighted by atomic mass is 10.2. The third kappa shape index (κ3) is 2.36. The molecule has 2 rings (SSSR count). The summed E-state index contributed by atoms with van der Waals surface area (Å²) < 4.78 is 25.7. The van der Waals surface area contributed by atoms with Gasteiger partial charge in [0.25, 0.3) is 0 Å². The normalized spacial score (nSPS) is 17.6. The molecule has 1 heterocycles. The Hall–Kier alpha value is -2.09. The van der Waals surface area contributed by atoms with Gasteiger partial charge in [-0.25, -0.2) is 4.72 Å². The van der Waals surface area contributed by atoms with Crippen LogP contribution in [-0.4, -0.2) is 22.9 Å².